The summed E-state index contributed by atoms with van der Waals surface area (Å²) < 4.78 is 1.27. The Labute approximate surface area is 114 Å². The van der Waals surface area contributed by atoms with Crippen molar-refractivity contribution in [3.63, 3.8) is 0 Å². The summed E-state index contributed by atoms with van der Waals surface area (Å²) in [5.74, 6) is 0. The van der Waals surface area contributed by atoms with Gasteiger partial charge in [-0.05, 0) is 15.9 Å². The average molecular weight is 339 g/mol. The molecule has 1 aromatic heterocycles. The van der Waals surface area contributed by atoms with Gasteiger partial charge in [0.05, 0.1) is 22.4 Å². The molecule has 1 saturated heterocycles. The summed E-state index contributed by atoms with van der Waals surface area (Å²) in [6.07, 6.45) is -1.06. The second-order valence-electron chi connectivity index (χ2n) is 3.87. The lowest BCUT2D eigenvalue weighted by Gasteiger charge is -2.17. The minimum Gasteiger partial charge on any atom is -0.395 e. The third-order valence-electron chi connectivity index (χ3n) is 2.72. The third kappa shape index (κ3) is 2.28. The molecule has 100 valence electrons. The van der Waals surface area contributed by atoms with Gasteiger partial charge in [-0.2, -0.15) is 0 Å². The highest BCUT2D eigenvalue weighted by molar-refractivity contribution is 9.10. The molecule has 0 bridgehead atoms. The van der Waals surface area contributed by atoms with Gasteiger partial charge >= 0.3 is 5.69 Å². The zero-order valence-corrected chi connectivity index (χ0v) is 11.4. The summed E-state index contributed by atoms with van der Waals surface area (Å²) in [6.45, 7) is -0.307. The highest BCUT2D eigenvalue weighted by Crippen LogP contribution is 2.40. The van der Waals surface area contributed by atoms with Crippen molar-refractivity contribution in [2.75, 3.05) is 6.61 Å². The second-order valence-corrected chi connectivity index (χ2v) is 6.09. The van der Waals surface area contributed by atoms with E-state index in [1.54, 1.807) is 0 Å². The molecule has 0 saturated carbocycles. The van der Waals surface area contributed by atoms with Gasteiger partial charge in [0.2, 0.25) is 0 Å². The van der Waals surface area contributed by atoms with Gasteiger partial charge in [0.15, 0.2) is 0 Å². The van der Waals surface area contributed by atoms with Gasteiger partial charge in [-0.1, -0.05) is 0 Å². The van der Waals surface area contributed by atoms with Crippen LogP contribution in [0.2, 0.25) is 0 Å². The van der Waals surface area contributed by atoms with Crippen LogP contribution in [0.3, 0.4) is 0 Å². The van der Waals surface area contributed by atoms with Crippen molar-refractivity contribution in [3.05, 3.63) is 31.5 Å². The number of aromatic amines is 1. The van der Waals surface area contributed by atoms with Crippen LogP contribution in [-0.4, -0.2) is 48.9 Å². The molecule has 0 radical (unpaired) electrons. The quantitative estimate of drug-likeness (QED) is 0.528. The summed E-state index contributed by atoms with van der Waals surface area (Å²) in [5.41, 5.74) is -1.24. The van der Waals surface area contributed by atoms with Crippen molar-refractivity contribution in [1.29, 1.82) is 0 Å². The zero-order valence-electron chi connectivity index (χ0n) is 8.99. The normalized spacial score (nSPS) is 31.8. The van der Waals surface area contributed by atoms with Gasteiger partial charge in [-0.15, -0.1) is 11.8 Å². The third-order valence-corrected chi connectivity index (χ3v) is 4.84. The first-order valence-corrected chi connectivity index (χ1v) is 6.82. The fourth-order valence-electron chi connectivity index (χ4n) is 1.76. The molecule has 18 heavy (non-hydrogen) atoms. The zero-order chi connectivity index (χ0) is 13.4. The summed E-state index contributed by atoms with van der Waals surface area (Å²) in [7, 11) is 0. The lowest BCUT2D eigenvalue weighted by molar-refractivity contribution is 0.0101. The summed E-state index contributed by atoms with van der Waals surface area (Å²) in [5, 5.41) is 27.2. The molecule has 1 aliphatic rings. The van der Waals surface area contributed by atoms with Gasteiger partial charge in [-0.3, -0.25) is 14.3 Å². The van der Waals surface area contributed by atoms with E-state index < -0.39 is 34.1 Å². The van der Waals surface area contributed by atoms with Crippen LogP contribution in [0.25, 0.3) is 0 Å². The Kier molecular flexibility index (Phi) is 3.97. The van der Waals surface area contributed by atoms with Crippen LogP contribution in [0.4, 0.5) is 0 Å². The van der Waals surface area contributed by atoms with Crippen molar-refractivity contribution in [1.82, 2.24) is 9.55 Å². The van der Waals surface area contributed by atoms with Gasteiger partial charge in [0, 0.05) is 6.20 Å². The number of H-pyrrole nitrogens is 1. The first-order chi connectivity index (χ1) is 8.45. The van der Waals surface area contributed by atoms with Crippen LogP contribution in [0.5, 0.6) is 0 Å². The van der Waals surface area contributed by atoms with E-state index in [-0.39, 0.29) is 11.1 Å². The van der Waals surface area contributed by atoms with E-state index in [1.165, 1.54) is 6.20 Å². The summed E-state index contributed by atoms with van der Waals surface area (Å²) in [6, 6.07) is 0. The number of halogens is 1. The average Bonchev–Trinajstić information content (AvgIpc) is 2.61. The molecule has 1 fully saturated rings. The SMILES string of the molecule is O=c1[nH]c(=O)n([C@@H]2S[C@@H](CO)[C@H](O)[C@H]2O)cc1Br. The Morgan fingerprint density at radius 2 is 2.06 bits per heavy atom. The van der Waals surface area contributed by atoms with Crippen molar-refractivity contribution in [2.24, 2.45) is 0 Å². The van der Waals surface area contributed by atoms with Crippen molar-refractivity contribution in [2.45, 2.75) is 22.8 Å². The molecule has 0 spiro atoms. The number of nitrogens with zero attached hydrogens (tertiary/aromatic N) is 1. The predicted molar refractivity (Wildman–Crippen MR) is 68.5 cm³/mol. The minimum absolute atomic E-state index is 0.150. The number of hydrogen-bond donors (Lipinski definition) is 4. The van der Waals surface area contributed by atoms with Crippen LogP contribution in [0.15, 0.2) is 20.3 Å². The molecule has 7 nitrogen and oxygen atoms in total. The van der Waals surface area contributed by atoms with Crippen LogP contribution in [0, 0.1) is 0 Å². The number of aliphatic hydroxyl groups is 3. The van der Waals surface area contributed by atoms with Crippen LogP contribution >= 0.6 is 27.7 Å². The van der Waals surface area contributed by atoms with E-state index in [9.17, 15) is 19.8 Å². The highest BCUT2D eigenvalue weighted by Gasteiger charge is 2.43. The van der Waals surface area contributed by atoms with E-state index >= 15 is 0 Å². The van der Waals surface area contributed by atoms with Crippen LogP contribution in [0.1, 0.15) is 5.37 Å². The molecule has 9 heteroatoms. The van der Waals surface area contributed by atoms with Crippen LogP contribution in [-0.2, 0) is 0 Å². The Bertz CT molecular complexity index is 559. The predicted octanol–water partition coefficient (Wildman–Crippen LogP) is -1.37. The molecule has 0 aliphatic carbocycles. The van der Waals surface area contributed by atoms with E-state index in [2.05, 4.69) is 20.9 Å². The van der Waals surface area contributed by atoms with Gasteiger partial charge in [0.1, 0.15) is 11.5 Å². The van der Waals surface area contributed by atoms with E-state index in [4.69, 9.17) is 5.11 Å². The summed E-state index contributed by atoms with van der Waals surface area (Å²) >= 11 is 4.07. The van der Waals surface area contributed by atoms with Crippen LogP contribution < -0.4 is 11.2 Å². The van der Waals surface area contributed by atoms with Gasteiger partial charge < -0.3 is 15.3 Å². The first kappa shape index (κ1) is 13.8. The number of nitrogens with one attached hydrogen (secondary N) is 1. The second kappa shape index (κ2) is 5.17. The number of rotatable bonds is 2. The number of aliphatic hydroxyl groups excluding tert-OH is 3. The fraction of sp³-hybridized carbons (Fsp3) is 0.556. The molecule has 2 heterocycles. The highest BCUT2D eigenvalue weighted by atomic mass is 79.9. The Hall–Kier alpha value is -0.610. The molecular formula is C9H11BrN2O5S. The maximum Gasteiger partial charge on any atom is 0.329 e. The minimum atomic E-state index is -1.19. The Morgan fingerprint density at radius 1 is 1.39 bits per heavy atom. The Morgan fingerprint density at radius 3 is 2.61 bits per heavy atom. The molecule has 1 aromatic rings. The van der Waals surface area contributed by atoms with Crippen molar-refractivity contribution < 1.29 is 15.3 Å². The lowest BCUT2D eigenvalue weighted by Crippen LogP contribution is -2.37. The first-order valence-electron chi connectivity index (χ1n) is 5.09. The van der Waals surface area contributed by atoms with Crippen molar-refractivity contribution >= 4 is 27.7 Å². The summed E-state index contributed by atoms with van der Waals surface area (Å²) in [4.78, 5) is 24.9. The van der Waals surface area contributed by atoms with Gasteiger partial charge in [0.25, 0.3) is 5.56 Å². The molecule has 0 aromatic carbocycles. The largest absolute Gasteiger partial charge is 0.395 e. The monoisotopic (exact) mass is 338 g/mol. The molecule has 1 aliphatic heterocycles. The van der Waals surface area contributed by atoms with E-state index in [0.29, 0.717) is 0 Å². The standard InChI is InChI=1S/C9H11BrN2O5S/c10-3-1-12(9(17)11-7(3)16)8-6(15)5(14)4(2-13)18-8/h1,4-6,8,13-15H,2H2,(H,11,16,17)/t4-,5-,6+,8+/m0/s1. The lowest BCUT2D eigenvalue weighted by atomic mass is 10.1. The van der Waals surface area contributed by atoms with E-state index in [1.807, 2.05) is 0 Å². The number of thioether (sulfide) groups is 1. The van der Waals surface area contributed by atoms with Gasteiger partial charge in [-0.25, -0.2) is 4.79 Å². The number of hydrogen-bond acceptors (Lipinski definition) is 6. The molecular weight excluding hydrogens is 328 g/mol. The fourth-order valence-corrected chi connectivity index (χ4v) is 3.46. The topological polar surface area (TPSA) is 116 Å². The molecule has 0 unspecified atom stereocenters. The molecule has 0 amide bonds. The number of aromatic nitrogens is 2. The Balaban J connectivity index is 2.42. The van der Waals surface area contributed by atoms with E-state index in [0.717, 1.165) is 16.3 Å². The smallest absolute Gasteiger partial charge is 0.329 e. The maximum absolute atomic E-state index is 11.6. The maximum atomic E-state index is 11.6. The molecule has 4 N–H and O–H groups in total. The van der Waals surface area contributed by atoms with Crippen molar-refractivity contribution in [3.8, 4) is 0 Å². The molecule has 2 rings (SSSR count). The molecule has 4 atom stereocenters.